The molecule has 4 heteroatoms. The van der Waals surface area contributed by atoms with E-state index in [0.717, 1.165) is 11.8 Å². The van der Waals surface area contributed by atoms with Crippen molar-refractivity contribution in [3.63, 3.8) is 0 Å². The van der Waals surface area contributed by atoms with Crippen LogP contribution in [0.5, 0.6) is 0 Å². The summed E-state index contributed by atoms with van der Waals surface area (Å²) >= 11 is 0. The number of hydrogen-bond donors (Lipinski definition) is 1. The van der Waals surface area contributed by atoms with E-state index in [2.05, 4.69) is 18.5 Å². The maximum Gasteiger partial charge on any atom is 0.312 e. The predicted molar refractivity (Wildman–Crippen MR) is 83.5 cm³/mol. The SMILES string of the molecule is C=CCN(CC=C)C(=O)C(=O)NC(C)C1CC2CCC1C2. The fraction of sp³-hybridized carbons (Fsp3) is 0.647. The lowest BCUT2D eigenvalue weighted by Crippen LogP contribution is -2.48. The van der Waals surface area contributed by atoms with Gasteiger partial charge in [-0.1, -0.05) is 18.6 Å². The Labute approximate surface area is 127 Å². The summed E-state index contributed by atoms with van der Waals surface area (Å²) in [7, 11) is 0. The molecule has 2 saturated carbocycles. The Bertz CT molecular complexity index is 423. The Morgan fingerprint density at radius 2 is 1.90 bits per heavy atom. The molecule has 2 rings (SSSR count). The Hall–Kier alpha value is -1.58. The van der Waals surface area contributed by atoms with Gasteiger partial charge < -0.3 is 10.2 Å². The van der Waals surface area contributed by atoms with E-state index in [0.29, 0.717) is 19.0 Å². The molecule has 0 saturated heterocycles. The third kappa shape index (κ3) is 3.55. The van der Waals surface area contributed by atoms with Crippen LogP contribution in [0.3, 0.4) is 0 Å². The first-order chi connectivity index (χ1) is 10.1. The third-order valence-corrected chi connectivity index (χ3v) is 4.97. The number of carbonyl (C=O) groups is 2. The lowest BCUT2D eigenvalue weighted by Gasteiger charge is -2.29. The van der Waals surface area contributed by atoms with Gasteiger partial charge in [-0.25, -0.2) is 0 Å². The van der Waals surface area contributed by atoms with E-state index in [1.165, 1.54) is 30.6 Å². The van der Waals surface area contributed by atoms with Gasteiger partial charge in [0.15, 0.2) is 0 Å². The second-order valence-corrected chi connectivity index (χ2v) is 6.39. The molecular weight excluding hydrogens is 264 g/mol. The molecule has 2 bridgehead atoms. The molecule has 0 aromatic rings. The molecule has 2 amide bonds. The van der Waals surface area contributed by atoms with Gasteiger partial charge in [0.1, 0.15) is 0 Å². The van der Waals surface area contributed by atoms with Gasteiger partial charge in [0.05, 0.1) is 0 Å². The summed E-state index contributed by atoms with van der Waals surface area (Å²) in [5.41, 5.74) is 0. The number of rotatable bonds is 6. The summed E-state index contributed by atoms with van der Waals surface area (Å²) < 4.78 is 0. The van der Waals surface area contributed by atoms with Crippen LogP contribution in [0, 0.1) is 17.8 Å². The summed E-state index contributed by atoms with van der Waals surface area (Å²) in [5, 5.41) is 2.91. The van der Waals surface area contributed by atoms with Crippen LogP contribution in [0.2, 0.25) is 0 Å². The molecule has 4 atom stereocenters. The van der Waals surface area contributed by atoms with Crippen molar-refractivity contribution in [3.05, 3.63) is 25.3 Å². The highest BCUT2D eigenvalue weighted by Gasteiger charge is 2.42. The van der Waals surface area contributed by atoms with Gasteiger partial charge in [0.2, 0.25) is 0 Å². The first kappa shape index (κ1) is 15.8. The largest absolute Gasteiger partial charge is 0.345 e. The first-order valence-corrected chi connectivity index (χ1v) is 7.88. The van der Waals surface area contributed by atoms with Gasteiger partial charge in [-0.2, -0.15) is 0 Å². The van der Waals surface area contributed by atoms with Gasteiger partial charge in [-0.15, -0.1) is 13.2 Å². The van der Waals surface area contributed by atoms with E-state index >= 15 is 0 Å². The zero-order valence-corrected chi connectivity index (χ0v) is 12.9. The lowest BCUT2D eigenvalue weighted by atomic mass is 9.84. The molecule has 0 heterocycles. The van der Waals surface area contributed by atoms with E-state index in [1.54, 1.807) is 12.2 Å². The van der Waals surface area contributed by atoms with Crippen LogP contribution in [0.1, 0.15) is 32.6 Å². The van der Waals surface area contributed by atoms with E-state index in [4.69, 9.17) is 0 Å². The van der Waals surface area contributed by atoms with E-state index in [9.17, 15) is 9.59 Å². The Balaban J connectivity index is 1.88. The Morgan fingerprint density at radius 3 is 2.38 bits per heavy atom. The van der Waals surface area contributed by atoms with Crippen molar-refractivity contribution in [2.75, 3.05) is 13.1 Å². The van der Waals surface area contributed by atoms with Crippen LogP contribution in [0.25, 0.3) is 0 Å². The highest BCUT2D eigenvalue weighted by Crippen LogP contribution is 2.49. The van der Waals surface area contributed by atoms with E-state index in [1.807, 2.05) is 6.92 Å². The number of carbonyl (C=O) groups excluding carboxylic acids is 2. The molecule has 1 N–H and O–H groups in total. The third-order valence-electron chi connectivity index (χ3n) is 4.97. The fourth-order valence-corrected chi connectivity index (χ4v) is 3.98. The summed E-state index contributed by atoms with van der Waals surface area (Å²) in [4.78, 5) is 25.7. The van der Waals surface area contributed by atoms with Gasteiger partial charge in [-0.05, 0) is 43.9 Å². The van der Waals surface area contributed by atoms with Crippen LogP contribution in [-0.4, -0.2) is 35.8 Å². The van der Waals surface area contributed by atoms with Crippen molar-refractivity contribution in [1.29, 1.82) is 0 Å². The van der Waals surface area contributed by atoms with Crippen molar-refractivity contribution in [2.24, 2.45) is 17.8 Å². The highest BCUT2D eigenvalue weighted by molar-refractivity contribution is 6.35. The molecule has 2 aliphatic rings. The summed E-state index contributed by atoms with van der Waals surface area (Å²) in [6.07, 6.45) is 8.36. The number of amides is 2. The minimum absolute atomic E-state index is 0.0751. The number of fused-ring (bicyclic) bond motifs is 2. The predicted octanol–water partition coefficient (Wildman–Crippen LogP) is 2.13. The van der Waals surface area contributed by atoms with Crippen molar-refractivity contribution < 1.29 is 9.59 Å². The molecule has 0 spiro atoms. The molecule has 0 aromatic carbocycles. The molecule has 2 aliphatic carbocycles. The highest BCUT2D eigenvalue weighted by atomic mass is 16.2. The Morgan fingerprint density at radius 1 is 1.24 bits per heavy atom. The van der Waals surface area contributed by atoms with Crippen molar-refractivity contribution in [3.8, 4) is 0 Å². The minimum Gasteiger partial charge on any atom is -0.345 e. The first-order valence-electron chi connectivity index (χ1n) is 7.88. The molecule has 116 valence electrons. The second kappa shape index (κ2) is 6.92. The molecule has 21 heavy (non-hydrogen) atoms. The van der Waals surface area contributed by atoms with E-state index < -0.39 is 11.8 Å². The van der Waals surface area contributed by atoms with Crippen LogP contribution >= 0.6 is 0 Å². The van der Waals surface area contributed by atoms with E-state index in [-0.39, 0.29) is 6.04 Å². The van der Waals surface area contributed by atoms with Gasteiger partial charge >= 0.3 is 11.8 Å². The number of hydrogen-bond acceptors (Lipinski definition) is 2. The Kier molecular flexibility index (Phi) is 5.21. The normalized spacial score (nSPS) is 28.0. The lowest BCUT2D eigenvalue weighted by molar-refractivity contribution is -0.145. The maximum absolute atomic E-state index is 12.2. The topological polar surface area (TPSA) is 49.4 Å². The minimum atomic E-state index is -0.506. The van der Waals surface area contributed by atoms with Crippen LogP contribution < -0.4 is 5.32 Å². The van der Waals surface area contributed by atoms with Gasteiger partial charge in [0, 0.05) is 19.1 Å². The zero-order chi connectivity index (χ0) is 15.4. The van der Waals surface area contributed by atoms with Crippen molar-refractivity contribution in [1.82, 2.24) is 10.2 Å². The van der Waals surface area contributed by atoms with Crippen LogP contribution in [-0.2, 0) is 9.59 Å². The maximum atomic E-state index is 12.2. The second-order valence-electron chi connectivity index (χ2n) is 6.39. The van der Waals surface area contributed by atoms with Crippen LogP contribution in [0.15, 0.2) is 25.3 Å². The quantitative estimate of drug-likeness (QED) is 0.602. The molecule has 2 fully saturated rings. The summed E-state index contributed by atoms with van der Waals surface area (Å²) in [6, 6.07) is 0.0751. The molecule has 4 nitrogen and oxygen atoms in total. The van der Waals surface area contributed by atoms with Crippen LogP contribution in [0.4, 0.5) is 0 Å². The van der Waals surface area contributed by atoms with Crippen molar-refractivity contribution in [2.45, 2.75) is 38.6 Å². The average Bonchev–Trinajstić information content (AvgIpc) is 3.08. The monoisotopic (exact) mass is 290 g/mol. The average molecular weight is 290 g/mol. The standard InChI is InChI=1S/C17H26N2O2/c1-4-8-19(9-5-2)17(21)16(20)18-12(3)15-11-13-6-7-14(15)10-13/h4-5,12-15H,1-2,6-11H2,3H3,(H,18,20). The summed E-state index contributed by atoms with van der Waals surface area (Å²) in [6.45, 7) is 9.98. The van der Waals surface area contributed by atoms with Gasteiger partial charge in [0.25, 0.3) is 0 Å². The van der Waals surface area contributed by atoms with Crippen molar-refractivity contribution >= 4 is 11.8 Å². The molecule has 4 unspecified atom stereocenters. The number of nitrogens with zero attached hydrogens (tertiary/aromatic N) is 1. The molecule has 0 aromatic heterocycles. The smallest absolute Gasteiger partial charge is 0.312 e. The summed E-state index contributed by atoms with van der Waals surface area (Å²) in [5.74, 6) is 1.11. The molecule has 0 radical (unpaired) electrons. The molecule has 0 aliphatic heterocycles. The zero-order valence-electron chi connectivity index (χ0n) is 12.9. The molecular formula is C17H26N2O2. The fourth-order valence-electron chi connectivity index (χ4n) is 3.98. The van der Waals surface area contributed by atoms with Gasteiger partial charge in [-0.3, -0.25) is 9.59 Å². The number of nitrogens with one attached hydrogen (secondary N) is 1.